The summed E-state index contributed by atoms with van der Waals surface area (Å²) >= 11 is 0. The summed E-state index contributed by atoms with van der Waals surface area (Å²) in [6.45, 7) is 2.59. The maximum absolute atomic E-state index is 11.3. The van der Waals surface area contributed by atoms with Crippen molar-refractivity contribution in [3.63, 3.8) is 0 Å². The van der Waals surface area contributed by atoms with Crippen LogP contribution in [0.1, 0.15) is 6.92 Å². The van der Waals surface area contributed by atoms with Crippen LogP contribution in [-0.2, 0) is 4.79 Å². The molecule has 0 saturated heterocycles. The van der Waals surface area contributed by atoms with Crippen molar-refractivity contribution in [2.24, 2.45) is 11.5 Å². The number of nitrogens with one attached hydrogen (secondary N) is 1. The molecule has 2 rings (SSSR count). The predicted molar refractivity (Wildman–Crippen MR) is 83.2 cm³/mol. The topological polar surface area (TPSA) is 103 Å². The molecule has 1 heterocycles. The molecular weight excluding hydrogens is 268 g/mol. The molecule has 0 fully saturated rings. The van der Waals surface area contributed by atoms with Gasteiger partial charge >= 0.3 is 0 Å². The SMILES string of the molecule is CCN.NCC(=O)Nc1ccccc1Oc1ccncc1. The Balaban J connectivity index is 0.000000677. The molecule has 1 aromatic heterocycles. The molecule has 1 amide bonds. The van der Waals surface area contributed by atoms with Gasteiger partial charge in [0.2, 0.25) is 5.91 Å². The molecule has 6 heteroatoms. The van der Waals surface area contributed by atoms with Crippen LogP contribution in [0.4, 0.5) is 5.69 Å². The fourth-order valence-electron chi connectivity index (χ4n) is 1.39. The number of nitrogens with zero attached hydrogens (tertiary/aromatic N) is 1. The lowest BCUT2D eigenvalue weighted by Gasteiger charge is -2.11. The molecule has 5 N–H and O–H groups in total. The normalized spacial score (nSPS) is 9.29. The van der Waals surface area contributed by atoms with Gasteiger partial charge in [0.1, 0.15) is 5.75 Å². The lowest BCUT2D eigenvalue weighted by Crippen LogP contribution is -2.22. The zero-order valence-corrected chi connectivity index (χ0v) is 12.0. The molecule has 21 heavy (non-hydrogen) atoms. The summed E-state index contributed by atoms with van der Waals surface area (Å²) in [7, 11) is 0. The maximum Gasteiger partial charge on any atom is 0.238 e. The van der Waals surface area contributed by atoms with E-state index in [1.54, 1.807) is 36.7 Å². The van der Waals surface area contributed by atoms with Gasteiger partial charge in [-0.25, -0.2) is 0 Å². The number of hydrogen-bond acceptors (Lipinski definition) is 5. The quantitative estimate of drug-likeness (QED) is 0.795. The minimum atomic E-state index is -0.263. The number of para-hydroxylation sites is 2. The van der Waals surface area contributed by atoms with E-state index >= 15 is 0 Å². The number of ether oxygens (including phenoxy) is 1. The fourth-order valence-corrected chi connectivity index (χ4v) is 1.39. The van der Waals surface area contributed by atoms with Crippen molar-refractivity contribution in [3.8, 4) is 11.5 Å². The van der Waals surface area contributed by atoms with E-state index in [1.807, 2.05) is 19.1 Å². The van der Waals surface area contributed by atoms with Crippen LogP contribution in [-0.4, -0.2) is 24.0 Å². The second-order valence-corrected chi connectivity index (χ2v) is 3.94. The van der Waals surface area contributed by atoms with Gasteiger partial charge in [-0.3, -0.25) is 9.78 Å². The van der Waals surface area contributed by atoms with Crippen molar-refractivity contribution in [1.29, 1.82) is 0 Å². The highest BCUT2D eigenvalue weighted by molar-refractivity contribution is 5.93. The molecule has 0 radical (unpaired) electrons. The van der Waals surface area contributed by atoms with E-state index in [9.17, 15) is 4.79 Å². The molecular formula is C15H20N4O2. The number of hydrogen-bond donors (Lipinski definition) is 3. The van der Waals surface area contributed by atoms with Crippen LogP contribution in [0.25, 0.3) is 0 Å². The summed E-state index contributed by atoms with van der Waals surface area (Å²) in [4.78, 5) is 15.2. The minimum absolute atomic E-state index is 0.0659. The predicted octanol–water partition coefficient (Wildman–Crippen LogP) is 1.74. The third kappa shape index (κ3) is 6.03. The Kier molecular flexibility index (Phi) is 7.49. The number of aromatic nitrogens is 1. The van der Waals surface area contributed by atoms with Gasteiger partial charge in [0, 0.05) is 12.4 Å². The molecule has 0 aliphatic heterocycles. The van der Waals surface area contributed by atoms with Crippen molar-refractivity contribution in [2.75, 3.05) is 18.4 Å². The van der Waals surface area contributed by atoms with Crippen molar-refractivity contribution in [1.82, 2.24) is 4.98 Å². The summed E-state index contributed by atoms with van der Waals surface area (Å²) < 4.78 is 5.66. The molecule has 112 valence electrons. The van der Waals surface area contributed by atoms with Gasteiger partial charge in [0.05, 0.1) is 12.2 Å². The third-order valence-corrected chi connectivity index (χ3v) is 2.22. The molecule has 1 aromatic carbocycles. The largest absolute Gasteiger partial charge is 0.455 e. The molecule has 0 spiro atoms. The molecule has 0 saturated carbocycles. The summed E-state index contributed by atoms with van der Waals surface area (Å²) in [5.41, 5.74) is 10.7. The van der Waals surface area contributed by atoms with Gasteiger partial charge in [-0.2, -0.15) is 0 Å². The highest BCUT2D eigenvalue weighted by atomic mass is 16.5. The molecule has 0 atom stereocenters. The van der Waals surface area contributed by atoms with Gasteiger partial charge < -0.3 is 21.5 Å². The maximum atomic E-state index is 11.3. The Morgan fingerprint density at radius 2 is 1.81 bits per heavy atom. The van der Waals surface area contributed by atoms with Crippen LogP contribution in [0.2, 0.25) is 0 Å². The standard InChI is InChI=1S/C13H13N3O2.C2H7N/c14-9-13(17)16-11-3-1-2-4-12(11)18-10-5-7-15-8-6-10;1-2-3/h1-8H,9,14H2,(H,16,17);2-3H2,1H3. The number of benzene rings is 1. The number of carbonyl (C=O) groups is 1. The van der Waals surface area contributed by atoms with Gasteiger partial charge in [-0.05, 0) is 30.8 Å². The Labute approximate surface area is 124 Å². The molecule has 0 bridgehead atoms. The van der Waals surface area contributed by atoms with E-state index in [4.69, 9.17) is 16.2 Å². The molecule has 0 aliphatic carbocycles. The second-order valence-electron chi connectivity index (χ2n) is 3.94. The first-order chi connectivity index (χ1) is 10.2. The zero-order chi connectivity index (χ0) is 15.5. The average molecular weight is 288 g/mol. The Morgan fingerprint density at radius 3 is 2.43 bits per heavy atom. The molecule has 0 unspecified atom stereocenters. The number of carbonyl (C=O) groups excluding carboxylic acids is 1. The number of pyridine rings is 1. The number of amides is 1. The molecule has 6 nitrogen and oxygen atoms in total. The first-order valence-corrected chi connectivity index (χ1v) is 6.58. The van der Waals surface area contributed by atoms with Crippen LogP contribution in [0.3, 0.4) is 0 Å². The Bertz CT molecular complexity index is 546. The van der Waals surface area contributed by atoms with E-state index in [0.717, 1.165) is 6.54 Å². The highest BCUT2D eigenvalue weighted by Crippen LogP contribution is 2.28. The van der Waals surface area contributed by atoms with Crippen LogP contribution in [0.15, 0.2) is 48.8 Å². The van der Waals surface area contributed by atoms with E-state index in [2.05, 4.69) is 10.3 Å². The number of anilines is 1. The van der Waals surface area contributed by atoms with E-state index in [-0.39, 0.29) is 12.5 Å². The van der Waals surface area contributed by atoms with Crippen molar-refractivity contribution in [3.05, 3.63) is 48.8 Å². The van der Waals surface area contributed by atoms with Crippen LogP contribution >= 0.6 is 0 Å². The summed E-state index contributed by atoms with van der Waals surface area (Å²) in [5.74, 6) is 0.950. The van der Waals surface area contributed by atoms with Crippen LogP contribution < -0.4 is 21.5 Å². The zero-order valence-electron chi connectivity index (χ0n) is 12.0. The van der Waals surface area contributed by atoms with Crippen molar-refractivity contribution < 1.29 is 9.53 Å². The smallest absolute Gasteiger partial charge is 0.238 e. The number of rotatable bonds is 4. The number of nitrogens with two attached hydrogens (primary N) is 2. The van der Waals surface area contributed by atoms with Crippen LogP contribution in [0.5, 0.6) is 11.5 Å². The van der Waals surface area contributed by atoms with E-state index < -0.39 is 0 Å². The van der Waals surface area contributed by atoms with Gasteiger partial charge in [0.15, 0.2) is 5.75 Å². The Hall–Kier alpha value is -2.44. The second kappa shape index (κ2) is 9.46. The first-order valence-electron chi connectivity index (χ1n) is 6.58. The van der Waals surface area contributed by atoms with E-state index in [0.29, 0.717) is 17.2 Å². The van der Waals surface area contributed by atoms with Gasteiger partial charge in [-0.15, -0.1) is 0 Å². The lowest BCUT2D eigenvalue weighted by molar-refractivity contribution is -0.114. The third-order valence-electron chi connectivity index (χ3n) is 2.22. The summed E-state index contributed by atoms with van der Waals surface area (Å²) in [6.07, 6.45) is 3.27. The average Bonchev–Trinajstić information content (AvgIpc) is 2.51. The van der Waals surface area contributed by atoms with Crippen LogP contribution in [0, 0.1) is 0 Å². The first kappa shape index (κ1) is 16.6. The van der Waals surface area contributed by atoms with Gasteiger partial charge in [-0.1, -0.05) is 19.1 Å². The fraction of sp³-hybridized carbons (Fsp3) is 0.200. The summed E-state index contributed by atoms with van der Waals surface area (Å²) in [6, 6.07) is 10.6. The van der Waals surface area contributed by atoms with E-state index in [1.165, 1.54) is 0 Å². The lowest BCUT2D eigenvalue weighted by atomic mass is 10.3. The summed E-state index contributed by atoms with van der Waals surface area (Å²) in [5, 5.41) is 2.68. The van der Waals surface area contributed by atoms with Crippen molar-refractivity contribution in [2.45, 2.75) is 6.92 Å². The van der Waals surface area contributed by atoms with Gasteiger partial charge in [0.25, 0.3) is 0 Å². The monoisotopic (exact) mass is 288 g/mol. The Morgan fingerprint density at radius 1 is 1.19 bits per heavy atom. The van der Waals surface area contributed by atoms with Crippen molar-refractivity contribution >= 4 is 11.6 Å². The minimum Gasteiger partial charge on any atom is -0.455 e. The molecule has 0 aliphatic rings. The molecule has 2 aromatic rings. The highest BCUT2D eigenvalue weighted by Gasteiger charge is 2.06.